The molecule has 4 nitrogen and oxygen atoms in total. The number of carboxylic acid groups (broad SMARTS) is 2. The Hall–Kier alpha value is 0.0887. The van der Waals surface area contributed by atoms with E-state index in [1.807, 2.05) is 0 Å². The van der Waals surface area contributed by atoms with Crippen molar-refractivity contribution in [2.24, 2.45) is 0 Å². The van der Waals surface area contributed by atoms with E-state index >= 15 is 0 Å². The third kappa shape index (κ3) is 80.7. The molecule has 0 saturated carbocycles. The van der Waals surface area contributed by atoms with Crippen LogP contribution in [0.15, 0.2) is 0 Å². The van der Waals surface area contributed by atoms with Crippen molar-refractivity contribution in [3.05, 3.63) is 11.8 Å². The number of carboxylic acids is 2. The molecular formula is C14H26O4SSn. The minimum absolute atomic E-state index is 0. The number of carbonyl (C=O) groups is 2. The van der Waals surface area contributed by atoms with E-state index in [2.05, 4.69) is 41.5 Å². The smallest absolute Gasteiger partial charge is 0.550 e. The van der Waals surface area contributed by atoms with Gasteiger partial charge in [0.25, 0.3) is 0 Å². The monoisotopic (exact) mass is 410 g/mol. The molecule has 20 heavy (non-hydrogen) atoms. The van der Waals surface area contributed by atoms with Gasteiger partial charge >= 0.3 is 23.9 Å². The van der Waals surface area contributed by atoms with E-state index in [0.717, 1.165) is 0 Å². The first-order valence-corrected chi connectivity index (χ1v) is 7.26. The van der Waals surface area contributed by atoms with E-state index in [4.69, 9.17) is 0 Å². The van der Waals surface area contributed by atoms with Crippen LogP contribution in [0, 0.1) is 11.8 Å². The molecule has 0 fully saturated rings. The fourth-order valence-electron chi connectivity index (χ4n) is 0.413. The van der Waals surface area contributed by atoms with Crippen molar-refractivity contribution in [2.75, 3.05) is 11.5 Å². The summed E-state index contributed by atoms with van der Waals surface area (Å²) in [6.45, 7) is 12.5. The Morgan fingerprint density at radius 1 is 0.750 bits per heavy atom. The van der Waals surface area contributed by atoms with Gasteiger partial charge in [0, 0.05) is 11.9 Å². The summed E-state index contributed by atoms with van der Waals surface area (Å²) in [5.74, 6) is 1.42. The predicted octanol–water partition coefficient (Wildman–Crippen LogP) is 0.860. The van der Waals surface area contributed by atoms with Crippen molar-refractivity contribution in [2.45, 2.75) is 54.4 Å². The Bertz CT molecular complexity index is 194. The standard InChI is InChI=1S/C6H10O4S.2C4H9.Sn/c7-5(8)1-3-11-4-2-6(9)10;2*1-4(2)3;/h1-4H2,(H,7,8)(H,9,10);2*1-3H3;/q;;;+2/p-2. The maximum absolute atomic E-state index is 9.84. The fraction of sp³-hybridized carbons (Fsp3) is 0.714. The van der Waals surface area contributed by atoms with Gasteiger partial charge in [0.15, 0.2) is 0 Å². The van der Waals surface area contributed by atoms with Crippen molar-refractivity contribution in [3.8, 4) is 0 Å². The van der Waals surface area contributed by atoms with E-state index < -0.39 is 11.9 Å². The van der Waals surface area contributed by atoms with E-state index in [1.165, 1.54) is 23.6 Å². The van der Waals surface area contributed by atoms with Crippen LogP contribution in [0.3, 0.4) is 0 Å². The number of rotatable bonds is 6. The molecule has 0 aromatic heterocycles. The molecule has 0 aromatic rings. The van der Waals surface area contributed by atoms with Crippen molar-refractivity contribution >= 4 is 47.6 Å². The average Bonchev–Trinajstić information content (AvgIpc) is 2.14. The van der Waals surface area contributed by atoms with Crippen LogP contribution in [0.4, 0.5) is 0 Å². The second-order valence-electron chi connectivity index (χ2n) is 4.86. The summed E-state index contributed by atoms with van der Waals surface area (Å²) in [4.78, 5) is 19.7. The molecule has 0 heterocycles. The first-order chi connectivity index (χ1) is 8.59. The van der Waals surface area contributed by atoms with Gasteiger partial charge in [-0.05, 0) is 36.2 Å². The third-order valence-corrected chi connectivity index (χ3v) is 1.89. The molecule has 6 heteroatoms. The fourth-order valence-corrected chi connectivity index (χ4v) is 1.24. The maximum atomic E-state index is 9.84. The second-order valence-corrected chi connectivity index (χ2v) is 6.08. The molecule has 0 aromatic carbocycles. The molecule has 0 spiro atoms. The van der Waals surface area contributed by atoms with Crippen molar-refractivity contribution in [1.82, 2.24) is 0 Å². The largest absolute Gasteiger partial charge is 2.00 e. The van der Waals surface area contributed by atoms with E-state index in [1.54, 1.807) is 0 Å². The zero-order valence-electron chi connectivity index (χ0n) is 13.4. The quantitative estimate of drug-likeness (QED) is 0.481. The van der Waals surface area contributed by atoms with Gasteiger partial charge < -0.3 is 19.8 Å². The van der Waals surface area contributed by atoms with Crippen LogP contribution in [-0.4, -0.2) is 47.4 Å². The summed E-state index contributed by atoms with van der Waals surface area (Å²) in [6.07, 6.45) is -0.0601. The van der Waals surface area contributed by atoms with E-state index in [9.17, 15) is 19.8 Å². The van der Waals surface area contributed by atoms with E-state index in [-0.39, 0.29) is 36.7 Å². The minimum atomic E-state index is -1.11. The van der Waals surface area contributed by atoms with Gasteiger partial charge in [-0.2, -0.15) is 11.8 Å². The number of hydrogen-bond acceptors (Lipinski definition) is 5. The SMILES string of the molecule is C[C](C)C.C[C](C)C.O=C([O-])CCSCCC(=O)[O-].[Sn+2]. The Labute approximate surface area is 145 Å². The van der Waals surface area contributed by atoms with Crippen LogP contribution in [0.1, 0.15) is 54.4 Å². The van der Waals surface area contributed by atoms with E-state index in [0.29, 0.717) is 11.5 Å². The molecule has 0 aliphatic rings. The number of aliphatic carboxylic acids is 2. The maximum Gasteiger partial charge on any atom is 2.00 e. The van der Waals surface area contributed by atoms with Gasteiger partial charge in [-0.25, -0.2) is 0 Å². The zero-order chi connectivity index (χ0) is 15.8. The Morgan fingerprint density at radius 2 is 0.950 bits per heavy atom. The number of carbonyl (C=O) groups excluding carboxylic acids is 2. The minimum Gasteiger partial charge on any atom is -0.550 e. The molecule has 0 atom stereocenters. The third-order valence-electron chi connectivity index (χ3n) is 0.901. The van der Waals surface area contributed by atoms with Crippen LogP contribution in [0.25, 0.3) is 0 Å². The molecule has 4 radical (unpaired) electrons. The molecule has 0 bridgehead atoms. The summed E-state index contributed by atoms with van der Waals surface area (Å²) in [7, 11) is 0. The molecule has 0 rings (SSSR count). The van der Waals surface area contributed by atoms with Gasteiger partial charge in [0.05, 0.1) is 0 Å². The molecule has 0 saturated heterocycles. The Kier molecular flexibility index (Phi) is 30.2. The van der Waals surface area contributed by atoms with Crippen LogP contribution < -0.4 is 10.2 Å². The summed E-state index contributed by atoms with van der Waals surface area (Å²) >= 11 is 1.27. The van der Waals surface area contributed by atoms with Crippen molar-refractivity contribution in [1.29, 1.82) is 0 Å². The molecule has 0 aliphatic heterocycles. The molecule has 0 amide bonds. The van der Waals surface area contributed by atoms with Crippen LogP contribution in [-0.2, 0) is 9.59 Å². The summed E-state index contributed by atoms with van der Waals surface area (Å²) in [5, 5.41) is 19.7. The second kappa shape index (κ2) is 21.4. The van der Waals surface area contributed by atoms with Crippen LogP contribution in [0.5, 0.6) is 0 Å². The topological polar surface area (TPSA) is 80.3 Å². The summed E-state index contributed by atoms with van der Waals surface area (Å²) in [5.41, 5.74) is 0. The molecule has 0 aliphatic carbocycles. The summed E-state index contributed by atoms with van der Waals surface area (Å²) < 4.78 is 0. The van der Waals surface area contributed by atoms with Gasteiger partial charge in [-0.15, -0.1) is 0 Å². The number of thioether (sulfide) groups is 1. The molecular weight excluding hydrogens is 383 g/mol. The van der Waals surface area contributed by atoms with Crippen LogP contribution >= 0.6 is 11.8 Å². The first-order valence-electron chi connectivity index (χ1n) is 6.10. The first kappa shape index (κ1) is 28.3. The van der Waals surface area contributed by atoms with Gasteiger partial charge in [0.1, 0.15) is 0 Å². The zero-order valence-corrected chi connectivity index (χ0v) is 17.0. The van der Waals surface area contributed by atoms with Gasteiger partial charge in [-0.3, -0.25) is 0 Å². The molecule has 0 unspecified atom stereocenters. The van der Waals surface area contributed by atoms with Gasteiger partial charge in [0.2, 0.25) is 0 Å². The Balaban J connectivity index is -0.000000119. The van der Waals surface area contributed by atoms with Crippen LogP contribution in [0.2, 0.25) is 0 Å². The predicted molar refractivity (Wildman–Crippen MR) is 82.9 cm³/mol. The van der Waals surface area contributed by atoms with Gasteiger partial charge in [-0.1, -0.05) is 41.5 Å². The molecule has 116 valence electrons. The number of hydrogen-bond donors (Lipinski definition) is 0. The van der Waals surface area contributed by atoms with Crippen molar-refractivity contribution in [3.63, 3.8) is 0 Å². The summed E-state index contributed by atoms with van der Waals surface area (Å²) in [6, 6.07) is 0. The normalized spacial score (nSPS) is 8.80. The Morgan fingerprint density at radius 3 is 1.10 bits per heavy atom. The molecule has 0 N–H and O–H groups in total. The van der Waals surface area contributed by atoms with Crippen molar-refractivity contribution < 1.29 is 19.8 Å². The average molecular weight is 409 g/mol.